The summed E-state index contributed by atoms with van der Waals surface area (Å²) >= 11 is 0. The number of nitrogens with one attached hydrogen (secondary N) is 2. The summed E-state index contributed by atoms with van der Waals surface area (Å²) in [6, 6.07) is 12.2. The number of rotatable bonds is 8. The van der Waals surface area contributed by atoms with E-state index in [0.29, 0.717) is 29.3 Å². The Kier molecular flexibility index (Phi) is 7.08. The maximum absolute atomic E-state index is 12.2. The lowest BCUT2D eigenvalue weighted by Gasteiger charge is -2.12. The van der Waals surface area contributed by atoms with Gasteiger partial charge in [-0.1, -0.05) is 6.07 Å². The number of aryl methyl sites for hydroxylation is 1. The third kappa shape index (κ3) is 5.96. The summed E-state index contributed by atoms with van der Waals surface area (Å²) in [6.07, 6.45) is 2.11. The van der Waals surface area contributed by atoms with Crippen molar-refractivity contribution < 1.29 is 23.8 Å². The van der Waals surface area contributed by atoms with Gasteiger partial charge in [-0.3, -0.25) is 9.59 Å². The van der Waals surface area contributed by atoms with Crippen LogP contribution in [0.15, 0.2) is 42.5 Å². The molecule has 1 heterocycles. The Morgan fingerprint density at radius 1 is 1.14 bits per heavy atom. The molecule has 2 amide bonds. The quantitative estimate of drug-likeness (QED) is 0.714. The first kappa shape index (κ1) is 20.7. The zero-order valence-corrected chi connectivity index (χ0v) is 16.7. The van der Waals surface area contributed by atoms with Crippen molar-refractivity contribution in [2.45, 2.75) is 25.9 Å². The highest BCUT2D eigenvalue weighted by Gasteiger charge is 2.16. The van der Waals surface area contributed by atoms with Gasteiger partial charge in [-0.25, -0.2) is 0 Å². The van der Waals surface area contributed by atoms with Gasteiger partial charge >= 0.3 is 0 Å². The zero-order valence-electron chi connectivity index (χ0n) is 16.7. The fourth-order valence-corrected chi connectivity index (χ4v) is 3.05. The third-order valence-corrected chi connectivity index (χ3v) is 4.62. The van der Waals surface area contributed by atoms with Gasteiger partial charge in [-0.2, -0.15) is 0 Å². The Bertz CT molecular complexity index is 845. The Morgan fingerprint density at radius 3 is 2.62 bits per heavy atom. The molecule has 0 bridgehead atoms. The van der Waals surface area contributed by atoms with E-state index in [1.165, 1.54) is 0 Å². The summed E-state index contributed by atoms with van der Waals surface area (Å²) in [6.45, 7) is 3.07. The molecule has 1 atom stereocenters. The van der Waals surface area contributed by atoms with Gasteiger partial charge in [0.1, 0.15) is 0 Å². The summed E-state index contributed by atoms with van der Waals surface area (Å²) in [7, 11) is 1.56. The van der Waals surface area contributed by atoms with Crippen LogP contribution in [-0.2, 0) is 9.53 Å². The zero-order chi connectivity index (χ0) is 20.6. The molecule has 1 saturated heterocycles. The average molecular weight is 398 g/mol. The van der Waals surface area contributed by atoms with Gasteiger partial charge < -0.3 is 24.8 Å². The number of methoxy groups -OCH3 is 1. The van der Waals surface area contributed by atoms with E-state index in [1.807, 2.05) is 19.1 Å². The molecule has 0 spiro atoms. The first-order chi connectivity index (χ1) is 14.0. The molecular weight excluding hydrogens is 372 g/mol. The number of carbonyl (C=O) groups is 2. The Balaban J connectivity index is 1.47. The summed E-state index contributed by atoms with van der Waals surface area (Å²) in [5.74, 6) is 0.624. The number of ether oxygens (including phenoxy) is 3. The van der Waals surface area contributed by atoms with E-state index in [4.69, 9.17) is 14.2 Å². The molecule has 1 unspecified atom stereocenters. The number of amides is 2. The molecule has 1 aliphatic heterocycles. The second kappa shape index (κ2) is 9.93. The van der Waals surface area contributed by atoms with Crippen molar-refractivity contribution in [2.24, 2.45) is 0 Å². The molecule has 154 valence electrons. The van der Waals surface area contributed by atoms with Crippen LogP contribution in [0.1, 0.15) is 28.8 Å². The second-order valence-corrected chi connectivity index (χ2v) is 6.91. The van der Waals surface area contributed by atoms with Crippen LogP contribution in [0.5, 0.6) is 11.5 Å². The minimum absolute atomic E-state index is 0.102. The number of hydrogen-bond acceptors (Lipinski definition) is 5. The van der Waals surface area contributed by atoms with Crippen LogP contribution in [0.2, 0.25) is 0 Å². The van der Waals surface area contributed by atoms with Crippen molar-refractivity contribution in [3.8, 4) is 11.5 Å². The molecule has 29 heavy (non-hydrogen) atoms. The van der Waals surface area contributed by atoms with Crippen molar-refractivity contribution in [3.63, 3.8) is 0 Å². The molecule has 0 aliphatic carbocycles. The molecule has 3 rings (SSSR count). The first-order valence-corrected chi connectivity index (χ1v) is 9.62. The van der Waals surface area contributed by atoms with E-state index in [0.717, 1.165) is 25.0 Å². The maximum atomic E-state index is 12.2. The van der Waals surface area contributed by atoms with Crippen LogP contribution in [0, 0.1) is 6.92 Å². The van der Waals surface area contributed by atoms with E-state index in [2.05, 4.69) is 10.6 Å². The highest BCUT2D eigenvalue weighted by atomic mass is 16.5. The fraction of sp³-hybridized carbons (Fsp3) is 0.364. The number of hydrogen-bond donors (Lipinski definition) is 2. The maximum Gasteiger partial charge on any atom is 0.262 e. The van der Waals surface area contributed by atoms with Gasteiger partial charge in [0.25, 0.3) is 11.8 Å². The standard InChI is InChI=1S/C22H26N2O5/c1-15-5-10-19(20(12-15)27-2)29-14-21(25)24-17-8-6-16(7-9-17)22(26)23-13-18-4-3-11-28-18/h5-10,12,18H,3-4,11,13-14H2,1-2H3,(H,23,26)(H,24,25). The van der Waals surface area contributed by atoms with Crippen molar-refractivity contribution in [3.05, 3.63) is 53.6 Å². The summed E-state index contributed by atoms with van der Waals surface area (Å²) < 4.78 is 16.3. The molecule has 1 fully saturated rings. The molecule has 2 N–H and O–H groups in total. The van der Waals surface area contributed by atoms with E-state index in [1.54, 1.807) is 37.4 Å². The van der Waals surface area contributed by atoms with Crippen molar-refractivity contribution >= 4 is 17.5 Å². The monoisotopic (exact) mass is 398 g/mol. The van der Waals surface area contributed by atoms with Gasteiger partial charge in [0.2, 0.25) is 0 Å². The smallest absolute Gasteiger partial charge is 0.262 e. The predicted molar refractivity (Wildman–Crippen MR) is 110 cm³/mol. The van der Waals surface area contributed by atoms with Gasteiger partial charge in [0.15, 0.2) is 18.1 Å². The normalized spacial score (nSPS) is 15.6. The molecule has 7 nitrogen and oxygen atoms in total. The van der Waals surface area contributed by atoms with Crippen LogP contribution >= 0.6 is 0 Å². The number of anilines is 1. The molecular formula is C22H26N2O5. The number of benzene rings is 2. The predicted octanol–water partition coefficient (Wildman–Crippen LogP) is 2.93. The molecule has 0 radical (unpaired) electrons. The Hall–Kier alpha value is -3.06. The van der Waals surface area contributed by atoms with Crippen LogP contribution in [-0.4, -0.2) is 44.8 Å². The van der Waals surface area contributed by atoms with Gasteiger partial charge in [-0.15, -0.1) is 0 Å². The largest absolute Gasteiger partial charge is 0.493 e. The van der Waals surface area contributed by atoms with E-state index in [-0.39, 0.29) is 24.5 Å². The highest BCUT2D eigenvalue weighted by molar-refractivity contribution is 5.96. The highest BCUT2D eigenvalue weighted by Crippen LogP contribution is 2.27. The minimum atomic E-state index is -0.303. The summed E-state index contributed by atoms with van der Waals surface area (Å²) in [4.78, 5) is 24.3. The SMILES string of the molecule is COc1cc(C)ccc1OCC(=O)Nc1ccc(C(=O)NCC2CCCO2)cc1. The van der Waals surface area contributed by atoms with Crippen molar-refractivity contribution in [1.82, 2.24) is 5.32 Å². The van der Waals surface area contributed by atoms with Gasteiger partial charge in [0, 0.05) is 24.4 Å². The minimum Gasteiger partial charge on any atom is -0.493 e. The molecule has 0 saturated carbocycles. The Labute approximate surface area is 170 Å². The van der Waals surface area contributed by atoms with Crippen molar-refractivity contribution in [1.29, 1.82) is 0 Å². The first-order valence-electron chi connectivity index (χ1n) is 9.62. The van der Waals surface area contributed by atoms with E-state index < -0.39 is 0 Å². The lowest BCUT2D eigenvalue weighted by molar-refractivity contribution is -0.118. The van der Waals surface area contributed by atoms with E-state index >= 15 is 0 Å². The summed E-state index contributed by atoms with van der Waals surface area (Å²) in [5.41, 5.74) is 2.16. The lowest BCUT2D eigenvalue weighted by atomic mass is 10.2. The molecule has 2 aromatic rings. The topological polar surface area (TPSA) is 85.9 Å². The van der Waals surface area contributed by atoms with Crippen LogP contribution in [0.25, 0.3) is 0 Å². The summed E-state index contributed by atoms with van der Waals surface area (Å²) in [5, 5.41) is 5.62. The van der Waals surface area contributed by atoms with Crippen molar-refractivity contribution in [2.75, 3.05) is 32.2 Å². The van der Waals surface area contributed by atoms with Gasteiger partial charge in [0.05, 0.1) is 13.2 Å². The lowest BCUT2D eigenvalue weighted by Crippen LogP contribution is -2.31. The number of carbonyl (C=O) groups excluding carboxylic acids is 2. The van der Waals surface area contributed by atoms with Crippen LogP contribution in [0.3, 0.4) is 0 Å². The van der Waals surface area contributed by atoms with E-state index in [9.17, 15) is 9.59 Å². The third-order valence-electron chi connectivity index (χ3n) is 4.62. The Morgan fingerprint density at radius 2 is 1.93 bits per heavy atom. The average Bonchev–Trinajstić information content (AvgIpc) is 3.25. The fourth-order valence-electron chi connectivity index (χ4n) is 3.05. The molecule has 2 aromatic carbocycles. The van der Waals surface area contributed by atoms with Gasteiger partial charge in [-0.05, 0) is 61.7 Å². The van der Waals surface area contributed by atoms with Crippen LogP contribution < -0.4 is 20.1 Å². The molecule has 7 heteroatoms. The molecule has 1 aliphatic rings. The van der Waals surface area contributed by atoms with Crippen LogP contribution in [0.4, 0.5) is 5.69 Å². The second-order valence-electron chi connectivity index (χ2n) is 6.91. The molecule has 0 aromatic heterocycles.